The lowest BCUT2D eigenvalue weighted by atomic mass is 10.2. The summed E-state index contributed by atoms with van der Waals surface area (Å²) in [5, 5.41) is 0.0882. The van der Waals surface area contributed by atoms with Crippen LogP contribution in [0.4, 0.5) is 5.82 Å². The van der Waals surface area contributed by atoms with Gasteiger partial charge < -0.3 is 5.73 Å². The quantitative estimate of drug-likeness (QED) is 0.938. The molecule has 2 aromatic rings. The van der Waals surface area contributed by atoms with Crippen LogP contribution in [0.2, 0.25) is 0 Å². The average Bonchev–Trinajstić information content (AvgIpc) is 2.98. The number of pyridine rings is 1. The summed E-state index contributed by atoms with van der Waals surface area (Å²) in [4.78, 5) is 4.16. The molecule has 3 rings (SSSR count). The minimum atomic E-state index is -3.65. The third-order valence-corrected chi connectivity index (χ3v) is 6.32. The minimum absolute atomic E-state index is 0.00591. The van der Waals surface area contributed by atoms with Gasteiger partial charge >= 0.3 is 0 Å². The second-order valence-corrected chi connectivity index (χ2v) is 7.31. The van der Waals surface area contributed by atoms with Crippen molar-refractivity contribution >= 4 is 21.5 Å². The molecule has 0 radical (unpaired) electrons. The van der Waals surface area contributed by atoms with E-state index < -0.39 is 10.0 Å². The van der Waals surface area contributed by atoms with E-state index in [1.165, 1.54) is 0 Å². The monoisotopic (exact) mass is 308 g/mol. The highest BCUT2D eigenvalue weighted by atomic mass is 32.2. The van der Waals surface area contributed by atoms with Crippen molar-refractivity contribution in [1.29, 1.82) is 0 Å². The molecule has 0 amide bonds. The van der Waals surface area contributed by atoms with E-state index in [9.17, 15) is 8.42 Å². The molecule has 0 aliphatic carbocycles. The van der Waals surface area contributed by atoms with Crippen LogP contribution >= 0.6 is 0 Å². The van der Waals surface area contributed by atoms with Crippen molar-refractivity contribution in [2.75, 3.05) is 5.73 Å². The van der Waals surface area contributed by atoms with Gasteiger partial charge in [0.1, 0.15) is 5.65 Å². The van der Waals surface area contributed by atoms with Crippen LogP contribution in [0.1, 0.15) is 33.1 Å². The number of imidazole rings is 1. The van der Waals surface area contributed by atoms with Crippen molar-refractivity contribution < 1.29 is 8.42 Å². The molecule has 2 N–H and O–H groups in total. The van der Waals surface area contributed by atoms with Crippen molar-refractivity contribution in [3.05, 3.63) is 24.4 Å². The van der Waals surface area contributed by atoms with Crippen molar-refractivity contribution in [3.8, 4) is 0 Å². The van der Waals surface area contributed by atoms with E-state index in [-0.39, 0.29) is 22.9 Å². The molecule has 3 heterocycles. The highest BCUT2D eigenvalue weighted by molar-refractivity contribution is 7.89. The van der Waals surface area contributed by atoms with E-state index in [2.05, 4.69) is 4.98 Å². The van der Waals surface area contributed by atoms with Crippen molar-refractivity contribution in [2.45, 2.75) is 50.2 Å². The maximum atomic E-state index is 13.1. The highest BCUT2D eigenvalue weighted by Crippen LogP contribution is 2.34. The molecule has 1 fully saturated rings. The summed E-state index contributed by atoms with van der Waals surface area (Å²) in [5.74, 6) is 0.0650. The van der Waals surface area contributed by atoms with Crippen LogP contribution in [-0.2, 0) is 10.0 Å². The van der Waals surface area contributed by atoms with Gasteiger partial charge in [-0.15, -0.1) is 0 Å². The molecule has 0 bridgehead atoms. The van der Waals surface area contributed by atoms with Crippen LogP contribution in [0.15, 0.2) is 29.4 Å². The molecule has 0 saturated carbocycles. The van der Waals surface area contributed by atoms with Gasteiger partial charge in [0.25, 0.3) is 10.0 Å². The normalized spacial score (nSPS) is 23.9. The zero-order valence-corrected chi connectivity index (χ0v) is 13.0. The van der Waals surface area contributed by atoms with Crippen LogP contribution in [0.25, 0.3) is 5.65 Å². The van der Waals surface area contributed by atoms with Gasteiger partial charge in [-0.2, -0.15) is 4.31 Å². The average molecular weight is 308 g/mol. The van der Waals surface area contributed by atoms with Crippen LogP contribution in [0.3, 0.4) is 0 Å². The lowest BCUT2D eigenvalue weighted by Gasteiger charge is -2.26. The summed E-state index contributed by atoms with van der Waals surface area (Å²) >= 11 is 0. The van der Waals surface area contributed by atoms with Gasteiger partial charge in [-0.3, -0.25) is 4.40 Å². The van der Waals surface area contributed by atoms with Crippen LogP contribution < -0.4 is 5.73 Å². The van der Waals surface area contributed by atoms with E-state index >= 15 is 0 Å². The number of hydrogen-bond donors (Lipinski definition) is 1. The first kappa shape index (κ1) is 14.3. The molecular formula is C14H20N4O2S. The van der Waals surface area contributed by atoms with E-state index in [1.807, 2.05) is 19.9 Å². The Bertz CT molecular complexity index is 768. The Morgan fingerprint density at radius 1 is 1.38 bits per heavy atom. The highest BCUT2D eigenvalue weighted by Gasteiger charge is 2.41. The number of fused-ring (bicyclic) bond motifs is 1. The SMILES string of the molecule is CCC1CCC(C)N1S(=O)(=O)c1c(N)nc2ccccn12. The fourth-order valence-electron chi connectivity index (χ4n) is 3.21. The topological polar surface area (TPSA) is 80.7 Å². The third kappa shape index (κ3) is 2.11. The Kier molecular flexibility index (Phi) is 3.41. The van der Waals surface area contributed by atoms with Gasteiger partial charge in [-0.05, 0) is 38.3 Å². The molecule has 1 saturated heterocycles. The van der Waals surface area contributed by atoms with Gasteiger partial charge in [0.05, 0.1) is 0 Å². The van der Waals surface area contributed by atoms with E-state index in [0.717, 1.165) is 19.3 Å². The van der Waals surface area contributed by atoms with Gasteiger partial charge in [0, 0.05) is 18.3 Å². The number of rotatable bonds is 3. The summed E-state index contributed by atoms with van der Waals surface area (Å²) in [6.07, 6.45) is 4.27. The summed E-state index contributed by atoms with van der Waals surface area (Å²) in [7, 11) is -3.65. The number of nitrogens with two attached hydrogens (primary N) is 1. The number of aromatic nitrogens is 2. The van der Waals surface area contributed by atoms with Gasteiger partial charge in [0.15, 0.2) is 10.8 Å². The molecule has 6 nitrogen and oxygen atoms in total. The van der Waals surface area contributed by atoms with Gasteiger partial charge in [-0.1, -0.05) is 13.0 Å². The zero-order valence-electron chi connectivity index (χ0n) is 12.2. The second-order valence-electron chi connectivity index (χ2n) is 5.55. The Hall–Kier alpha value is -1.60. The number of nitrogen functional groups attached to an aromatic ring is 1. The summed E-state index contributed by atoms with van der Waals surface area (Å²) < 4.78 is 29.4. The summed E-state index contributed by atoms with van der Waals surface area (Å²) in [6, 6.07) is 5.37. The molecule has 0 aromatic carbocycles. The first-order valence-electron chi connectivity index (χ1n) is 7.23. The fourth-order valence-corrected chi connectivity index (χ4v) is 5.35. The molecule has 114 valence electrons. The largest absolute Gasteiger partial charge is 0.381 e. The Labute approximate surface area is 124 Å². The number of sulfonamides is 1. The van der Waals surface area contributed by atoms with Crippen molar-refractivity contribution in [2.24, 2.45) is 0 Å². The lowest BCUT2D eigenvalue weighted by molar-refractivity contribution is 0.327. The van der Waals surface area contributed by atoms with Crippen LogP contribution in [0.5, 0.6) is 0 Å². The minimum Gasteiger partial charge on any atom is -0.381 e. The number of nitrogens with zero attached hydrogens (tertiary/aromatic N) is 3. The lowest BCUT2D eigenvalue weighted by Crippen LogP contribution is -2.40. The predicted octanol–water partition coefficient (Wildman–Crippen LogP) is 1.87. The molecule has 2 atom stereocenters. The van der Waals surface area contributed by atoms with Crippen LogP contribution in [0, 0.1) is 0 Å². The summed E-state index contributed by atoms with van der Waals surface area (Å²) in [5.41, 5.74) is 6.45. The second kappa shape index (κ2) is 4.99. The Balaban J connectivity index is 2.19. The smallest absolute Gasteiger partial charge is 0.263 e. The molecule has 0 spiro atoms. The predicted molar refractivity (Wildman–Crippen MR) is 81.4 cm³/mol. The standard InChI is InChI=1S/C14H20N4O2S/c1-3-11-8-7-10(2)18(11)21(19,20)14-13(15)16-12-6-4-5-9-17(12)14/h4-6,9-11H,3,7-8,15H2,1-2H3. The molecule has 7 heteroatoms. The third-order valence-electron chi connectivity index (χ3n) is 4.22. The molecule has 2 aromatic heterocycles. The van der Waals surface area contributed by atoms with Crippen LogP contribution in [-0.4, -0.2) is 34.2 Å². The van der Waals surface area contributed by atoms with E-state index in [1.54, 1.807) is 27.0 Å². The number of hydrogen-bond acceptors (Lipinski definition) is 4. The molecule has 21 heavy (non-hydrogen) atoms. The summed E-state index contributed by atoms with van der Waals surface area (Å²) in [6.45, 7) is 3.97. The maximum Gasteiger partial charge on any atom is 0.263 e. The van der Waals surface area contributed by atoms with E-state index in [4.69, 9.17) is 5.73 Å². The van der Waals surface area contributed by atoms with Crippen molar-refractivity contribution in [1.82, 2.24) is 13.7 Å². The molecule has 1 aliphatic rings. The Morgan fingerprint density at radius 3 is 2.86 bits per heavy atom. The molecule has 2 unspecified atom stereocenters. The molecular weight excluding hydrogens is 288 g/mol. The Morgan fingerprint density at radius 2 is 2.14 bits per heavy atom. The van der Waals surface area contributed by atoms with Crippen molar-refractivity contribution in [3.63, 3.8) is 0 Å². The molecule has 1 aliphatic heterocycles. The van der Waals surface area contributed by atoms with Gasteiger partial charge in [0.2, 0.25) is 0 Å². The first-order chi connectivity index (χ1) is 9.96. The number of anilines is 1. The maximum absolute atomic E-state index is 13.1. The fraction of sp³-hybridized carbons (Fsp3) is 0.500. The van der Waals surface area contributed by atoms with E-state index in [0.29, 0.717) is 5.65 Å². The first-order valence-corrected chi connectivity index (χ1v) is 8.67. The zero-order chi connectivity index (χ0) is 15.2. The van der Waals surface area contributed by atoms with Gasteiger partial charge in [-0.25, -0.2) is 13.4 Å².